The van der Waals surface area contributed by atoms with E-state index in [1.807, 2.05) is 0 Å². The number of halogens is 4. The van der Waals surface area contributed by atoms with Crippen molar-refractivity contribution in [2.75, 3.05) is 31.7 Å². The van der Waals surface area contributed by atoms with Gasteiger partial charge in [0.1, 0.15) is 17.4 Å². The fourth-order valence-electron chi connectivity index (χ4n) is 4.73. The fraction of sp³-hybridized carbons (Fsp3) is 0.300. The van der Waals surface area contributed by atoms with Gasteiger partial charge in [0.2, 0.25) is 5.88 Å². The number of hydroxylamine groups is 1. The van der Waals surface area contributed by atoms with E-state index in [4.69, 9.17) is 18.9 Å². The van der Waals surface area contributed by atoms with Crippen LogP contribution in [-0.2, 0) is 4.74 Å². The molecule has 0 unspecified atom stereocenters. The van der Waals surface area contributed by atoms with Gasteiger partial charge >= 0.3 is 12.0 Å². The number of carboxylic acid groups (broad SMARTS) is 1. The standard InChI is InChI=1S/C30H27F4N5O8/c31-24(32)13-45-28-20(11-36-30(38-28)46-14-25(33)34)15-1-3-18-22(9-15)35-12-21(27(40)39-43)26(18)37-16-2-4-23(19(10-16)29(41)42)47-17-5-7-44-8-6-17/h1-4,9-12,17,24-25,43H,5-8,13-14H2,(H,35,37)(H,39,40)(H,41,42). The highest BCUT2D eigenvalue weighted by Crippen LogP contribution is 2.36. The summed E-state index contributed by atoms with van der Waals surface area (Å²) in [5.41, 5.74) is 2.41. The molecular formula is C30H27F4N5O8. The van der Waals surface area contributed by atoms with E-state index in [2.05, 4.69) is 20.3 Å². The Hall–Kier alpha value is -5.29. The van der Waals surface area contributed by atoms with E-state index >= 15 is 0 Å². The molecule has 0 radical (unpaired) electrons. The maximum Gasteiger partial charge on any atom is 0.339 e. The quantitative estimate of drug-likeness (QED) is 0.0850. The zero-order valence-corrected chi connectivity index (χ0v) is 24.3. The van der Waals surface area contributed by atoms with Gasteiger partial charge in [-0.25, -0.2) is 32.8 Å². The van der Waals surface area contributed by atoms with Gasteiger partial charge in [0.25, 0.3) is 18.8 Å². The molecule has 0 atom stereocenters. The molecule has 0 bridgehead atoms. The predicted molar refractivity (Wildman–Crippen MR) is 156 cm³/mol. The first kappa shape index (κ1) is 33.1. The van der Waals surface area contributed by atoms with Crippen LogP contribution in [-0.4, -0.2) is 82.5 Å². The topological polar surface area (TPSA) is 174 Å². The summed E-state index contributed by atoms with van der Waals surface area (Å²) >= 11 is 0. The Balaban J connectivity index is 1.52. The smallest absolute Gasteiger partial charge is 0.339 e. The Morgan fingerprint density at radius 3 is 2.40 bits per heavy atom. The first-order valence-corrected chi connectivity index (χ1v) is 14.1. The highest BCUT2D eigenvalue weighted by atomic mass is 19.3. The second-order valence-corrected chi connectivity index (χ2v) is 10.1. The van der Waals surface area contributed by atoms with Crippen molar-refractivity contribution < 1.29 is 56.4 Å². The lowest BCUT2D eigenvalue weighted by molar-refractivity contribution is 0.0248. The minimum atomic E-state index is -2.87. The van der Waals surface area contributed by atoms with E-state index in [-0.39, 0.29) is 51.3 Å². The third-order valence-electron chi connectivity index (χ3n) is 6.88. The first-order chi connectivity index (χ1) is 22.6. The number of ether oxygens (including phenoxy) is 4. The summed E-state index contributed by atoms with van der Waals surface area (Å²) < 4.78 is 72.3. The number of hydrogen-bond donors (Lipinski definition) is 4. The lowest BCUT2D eigenvalue weighted by atomic mass is 10.0. The number of anilines is 2. The van der Waals surface area contributed by atoms with Gasteiger partial charge in [-0.2, -0.15) is 4.98 Å². The van der Waals surface area contributed by atoms with Gasteiger partial charge in [-0.05, 0) is 29.8 Å². The third kappa shape index (κ3) is 8.11. The van der Waals surface area contributed by atoms with Gasteiger partial charge in [-0.15, -0.1) is 0 Å². The molecule has 1 aliphatic rings. The lowest BCUT2D eigenvalue weighted by Crippen LogP contribution is -2.26. The molecule has 4 aromatic rings. The number of fused-ring (bicyclic) bond motifs is 1. The molecule has 4 N–H and O–H groups in total. The van der Waals surface area contributed by atoms with Crippen LogP contribution < -0.4 is 25.0 Å². The van der Waals surface area contributed by atoms with E-state index < -0.39 is 44.0 Å². The summed E-state index contributed by atoms with van der Waals surface area (Å²) in [5.74, 6) is -2.36. The molecule has 0 spiro atoms. The molecule has 1 fully saturated rings. The third-order valence-corrected chi connectivity index (χ3v) is 6.88. The van der Waals surface area contributed by atoms with Crippen molar-refractivity contribution >= 4 is 34.2 Å². The number of nitrogens with zero attached hydrogens (tertiary/aromatic N) is 3. The van der Waals surface area contributed by atoms with Crippen LogP contribution in [0, 0.1) is 0 Å². The Labute approximate surface area is 263 Å². The summed E-state index contributed by atoms with van der Waals surface area (Å²) in [6.07, 6.45) is -2.39. The molecule has 2 aromatic carbocycles. The van der Waals surface area contributed by atoms with E-state index in [1.54, 1.807) is 11.5 Å². The Bertz CT molecular complexity index is 1760. The second-order valence-electron chi connectivity index (χ2n) is 10.1. The van der Waals surface area contributed by atoms with Crippen molar-refractivity contribution in [3.05, 3.63) is 59.9 Å². The van der Waals surface area contributed by atoms with E-state index in [0.717, 1.165) is 12.4 Å². The predicted octanol–water partition coefficient (Wildman–Crippen LogP) is 5.10. The number of carbonyl (C=O) groups is 2. The molecule has 248 valence electrons. The Morgan fingerprint density at radius 2 is 1.70 bits per heavy atom. The number of hydrogen-bond acceptors (Lipinski definition) is 11. The molecule has 0 saturated carbocycles. The number of carbonyl (C=O) groups excluding carboxylic acids is 1. The minimum Gasteiger partial charge on any atom is -0.489 e. The average Bonchev–Trinajstić information content (AvgIpc) is 3.07. The molecule has 47 heavy (non-hydrogen) atoms. The van der Waals surface area contributed by atoms with Crippen molar-refractivity contribution in [2.45, 2.75) is 31.8 Å². The van der Waals surface area contributed by atoms with Crippen LogP contribution in [0.15, 0.2) is 48.8 Å². The van der Waals surface area contributed by atoms with Gasteiger partial charge in [-0.1, -0.05) is 12.1 Å². The zero-order chi connectivity index (χ0) is 33.5. The number of nitrogens with one attached hydrogen (secondary N) is 2. The summed E-state index contributed by atoms with van der Waals surface area (Å²) in [4.78, 5) is 36.7. The van der Waals surface area contributed by atoms with Gasteiger partial charge in [0.05, 0.1) is 35.5 Å². The minimum absolute atomic E-state index is 0.100. The average molecular weight is 662 g/mol. The van der Waals surface area contributed by atoms with Crippen LogP contribution in [0.1, 0.15) is 33.6 Å². The molecule has 2 aromatic heterocycles. The van der Waals surface area contributed by atoms with Crippen LogP contribution in [0.25, 0.3) is 22.0 Å². The molecule has 1 amide bonds. The lowest BCUT2D eigenvalue weighted by Gasteiger charge is -2.24. The van der Waals surface area contributed by atoms with Crippen molar-refractivity contribution in [2.24, 2.45) is 0 Å². The van der Waals surface area contributed by atoms with Crippen molar-refractivity contribution in [1.82, 2.24) is 20.4 Å². The Morgan fingerprint density at radius 1 is 0.957 bits per heavy atom. The van der Waals surface area contributed by atoms with Crippen LogP contribution in [0.5, 0.6) is 17.6 Å². The van der Waals surface area contributed by atoms with Crippen LogP contribution in [0.4, 0.5) is 28.9 Å². The number of benzene rings is 2. The number of carboxylic acids is 1. The van der Waals surface area contributed by atoms with Gasteiger partial charge < -0.3 is 29.4 Å². The van der Waals surface area contributed by atoms with Gasteiger partial charge in [0, 0.05) is 36.3 Å². The maximum atomic E-state index is 13.0. The van der Waals surface area contributed by atoms with Crippen LogP contribution in [0.2, 0.25) is 0 Å². The molecule has 1 aliphatic heterocycles. The van der Waals surface area contributed by atoms with Crippen LogP contribution >= 0.6 is 0 Å². The SMILES string of the molecule is O=C(O)c1cc(Nc2c(C(=O)NO)cnc3cc(-c4cnc(OCC(F)F)nc4OCC(F)F)ccc23)ccc1OC1CCOCC1. The van der Waals surface area contributed by atoms with Crippen molar-refractivity contribution in [3.63, 3.8) is 0 Å². The molecule has 13 nitrogen and oxygen atoms in total. The number of alkyl halides is 4. The van der Waals surface area contributed by atoms with E-state index in [0.29, 0.717) is 37.0 Å². The maximum absolute atomic E-state index is 13.0. The summed E-state index contributed by atoms with van der Waals surface area (Å²) in [6, 6.07) is 8.41. The second kappa shape index (κ2) is 14.9. The highest BCUT2D eigenvalue weighted by Gasteiger charge is 2.22. The fourth-order valence-corrected chi connectivity index (χ4v) is 4.73. The van der Waals surface area contributed by atoms with Gasteiger partial charge in [0.15, 0.2) is 13.2 Å². The number of rotatable bonds is 13. The number of aromatic carboxylic acids is 1. The molecule has 0 aliphatic carbocycles. The van der Waals surface area contributed by atoms with Crippen molar-refractivity contribution in [3.8, 4) is 28.8 Å². The normalized spacial score (nSPS) is 13.5. The molecule has 1 saturated heterocycles. The first-order valence-electron chi connectivity index (χ1n) is 14.1. The van der Waals surface area contributed by atoms with E-state index in [1.165, 1.54) is 30.3 Å². The van der Waals surface area contributed by atoms with E-state index in [9.17, 15) is 37.5 Å². The number of aromatic nitrogens is 3. The summed E-state index contributed by atoms with van der Waals surface area (Å²) in [6.45, 7) is -1.07. The monoisotopic (exact) mass is 661 g/mol. The molecule has 3 heterocycles. The number of pyridine rings is 1. The zero-order valence-electron chi connectivity index (χ0n) is 24.3. The number of amides is 1. The summed E-state index contributed by atoms with van der Waals surface area (Å²) in [5, 5.41) is 22.6. The largest absolute Gasteiger partial charge is 0.489 e. The van der Waals surface area contributed by atoms with Gasteiger partial charge in [-0.3, -0.25) is 15.0 Å². The Kier molecular flexibility index (Phi) is 10.5. The molecule has 5 rings (SSSR count). The highest BCUT2D eigenvalue weighted by molar-refractivity contribution is 6.08. The van der Waals surface area contributed by atoms with Crippen LogP contribution in [0.3, 0.4) is 0 Å². The van der Waals surface area contributed by atoms with Crippen molar-refractivity contribution in [1.29, 1.82) is 0 Å². The summed E-state index contributed by atoms with van der Waals surface area (Å²) in [7, 11) is 0. The molecule has 17 heteroatoms. The molecular weight excluding hydrogens is 634 g/mol.